The molecule has 1 aliphatic rings. The summed E-state index contributed by atoms with van der Waals surface area (Å²) in [5.74, 6) is 0.153. The van der Waals surface area contributed by atoms with E-state index in [9.17, 15) is 0 Å². The van der Waals surface area contributed by atoms with Gasteiger partial charge in [0.05, 0.1) is 0 Å². The SMILES string of the molecule is Cl.Cl.N=C(N)N(CCCCCCCCN1CCCC1)Cc1ccc(Cl)cc1. The summed E-state index contributed by atoms with van der Waals surface area (Å²) in [4.78, 5) is 4.54. The Morgan fingerprint density at radius 2 is 1.52 bits per heavy atom. The van der Waals surface area contributed by atoms with Crippen LogP contribution in [0.2, 0.25) is 5.02 Å². The van der Waals surface area contributed by atoms with Gasteiger partial charge in [-0.15, -0.1) is 24.8 Å². The van der Waals surface area contributed by atoms with Gasteiger partial charge in [0, 0.05) is 18.1 Å². The van der Waals surface area contributed by atoms with Crippen LogP contribution < -0.4 is 5.73 Å². The number of unbranched alkanes of at least 4 members (excludes halogenated alkanes) is 5. The van der Waals surface area contributed by atoms with Gasteiger partial charge < -0.3 is 15.5 Å². The molecular weight excluding hydrogens is 403 g/mol. The fourth-order valence-electron chi connectivity index (χ4n) is 3.45. The van der Waals surface area contributed by atoms with Crippen LogP contribution in [0.25, 0.3) is 0 Å². The Kier molecular flexibility index (Phi) is 14.9. The van der Waals surface area contributed by atoms with E-state index in [0.717, 1.165) is 23.6 Å². The van der Waals surface area contributed by atoms with Crippen molar-refractivity contribution in [2.24, 2.45) is 5.73 Å². The lowest BCUT2D eigenvalue weighted by Gasteiger charge is -2.22. The second kappa shape index (κ2) is 15.3. The van der Waals surface area contributed by atoms with E-state index in [1.807, 2.05) is 29.2 Å². The lowest BCUT2D eigenvalue weighted by atomic mass is 10.1. The molecule has 7 heteroatoms. The first kappa shape index (κ1) is 26.3. The van der Waals surface area contributed by atoms with Gasteiger partial charge in [-0.2, -0.15) is 0 Å². The lowest BCUT2D eigenvalue weighted by molar-refractivity contribution is 0.327. The Labute approximate surface area is 182 Å². The fraction of sp³-hybridized carbons (Fsp3) is 0.650. The third-order valence-electron chi connectivity index (χ3n) is 4.98. The van der Waals surface area contributed by atoms with Crippen molar-refractivity contribution in [3.8, 4) is 0 Å². The summed E-state index contributed by atoms with van der Waals surface area (Å²) in [7, 11) is 0. The van der Waals surface area contributed by atoms with Gasteiger partial charge in [0.25, 0.3) is 0 Å². The number of guanidine groups is 1. The molecule has 0 saturated carbocycles. The molecule has 1 fully saturated rings. The standard InChI is InChI=1S/C20H33ClN4.2ClH/c21-19-11-9-18(10-12-19)17-25(20(22)23)16-6-4-2-1-3-5-13-24-14-7-8-15-24;;/h9-12H,1-8,13-17H2,(H3,22,23);2*1H. The number of nitrogens with zero attached hydrogens (tertiary/aromatic N) is 2. The largest absolute Gasteiger partial charge is 0.370 e. The molecule has 2 rings (SSSR count). The van der Waals surface area contributed by atoms with E-state index in [2.05, 4.69) is 4.90 Å². The highest BCUT2D eigenvalue weighted by molar-refractivity contribution is 6.30. The predicted molar refractivity (Wildman–Crippen MR) is 122 cm³/mol. The molecule has 0 aliphatic carbocycles. The fourth-order valence-corrected chi connectivity index (χ4v) is 3.57. The number of rotatable bonds is 11. The molecule has 3 N–H and O–H groups in total. The summed E-state index contributed by atoms with van der Waals surface area (Å²) in [5.41, 5.74) is 6.87. The molecule has 0 unspecified atom stereocenters. The smallest absolute Gasteiger partial charge is 0.188 e. The Morgan fingerprint density at radius 1 is 0.963 bits per heavy atom. The molecule has 0 amide bonds. The van der Waals surface area contributed by atoms with E-state index < -0.39 is 0 Å². The minimum atomic E-state index is 0. The van der Waals surface area contributed by atoms with Crippen LogP contribution in [-0.4, -0.2) is 41.9 Å². The molecule has 4 nitrogen and oxygen atoms in total. The topological polar surface area (TPSA) is 56.4 Å². The highest BCUT2D eigenvalue weighted by Gasteiger charge is 2.10. The third kappa shape index (κ3) is 11.0. The number of benzene rings is 1. The van der Waals surface area contributed by atoms with E-state index in [1.165, 1.54) is 64.6 Å². The van der Waals surface area contributed by atoms with Gasteiger partial charge in [0.1, 0.15) is 0 Å². The van der Waals surface area contributed by atoms with Gasteiger partial charge in [0.2, 0.25) is 0 Å². The van der Waals surface area contributed by atoms with Crippen LogP contribution in [0.1, 0.15) is 56.9 Å². The number of hydrogen-bond acceptors (Lipinski definition) is 2. The summed E-state index contributed by atoms with van der Waals surface area (Å²) in [6.07, 6.45) is 10.4. The Balaban J connectivity index is 0.00000338. The molecule has 0 atom stereocenters. The maximum Gasteiger partial charge on any atom is 0.188 e. The number of hydrogen-bond donors (Lipinski definition) is 2. The van der Waals surface area contributed by atoms with Crippen molar-refractivity contribution in [3.63, 3.8) is 0 Å². The van der Waals surface area contributed by atoms with Crippen molar-refractivity contribution in [1.82, 2.24) is 9.80 Å². The molecule has 1 heterocycles. The van der Waals surface area contributed by atoms with Crippen LogP contribution >= 0.6 is 36.4 Å². The summed E-state index contributed by atoms with van der Waals surface area (Å²) in [5, 5.41) is 8.51. The maximum absolute atomic E-state index is 7.77. The van der Waals surface area contributed by atoms with E-state index >= 15 is 0 Å². The minimum Gasteiger partial charge on any atom is -0.370 e. The highest BCUT2D eigenvalue weighted by atomic mass is 35.5. The zero-order chi connectivity index (χ0) is 17.9. The minimum absolute atomic E-state index is 0. The number of nitrogens with two attached hydrogens (primary N) is 1. The lowest BCUT2D eigenvalue weighted by Crippen LogP contribution is -2.36. The zero-order valence-corrected chi connectivity index (χ0v) is 18.6. The molecule has 1 aromatic rings. The maximum atomic E-state index is 7.77. The average molecular weight is 438 g/mol. The predicted octanol–water partition coefficient (Wildman–Crippen LogP) is 5.32. The Hall–Kier alpha value is -0.680. The molecule has 1 aliphatic heterocycles. The van der Waals surface area contributed by atoms with E-state index in [0.29, 0.717) is 6.54 Å². The highest BCUT2D eigenvalue weighted by Crippen LogP contribution is 2.13. The molecular formula is C20H35Cl3N4. The van der Waals surface area contributed by atoms with Crippen molar-refractivity contribution in [2.45, 2.75) is 57.9 Å². The number of likely N-dealkylation sites (tertiary alicyclic amines) is 1. The summed E-state index contributed by atoms with van der Waals surface area (Å²) in [6.45, 7) is 5.45. The van der Waals surface area contributed by atoms with Crippen molar-refractivity contribution >= 4 is 42.4 Å². The van der Waals surface area contributed by atoms with Gasteiger partial charge in [-0.1, -0.05) is 49.4 Å². The van der Waals surface area contributed by atoms with E-state index in [-0.39, 0.29) is 30.8 Å². The van der Waals surface area contributed by atoms with Crippen LogP contribution in [-0.2, 0) is 6.54 Å². The van der Waals surface area contributed by atoms with Crippen molar-refractivity contribution < 1.29 is 0 Å². The average Bonchev–Trinajstić information content (AvgIpc) is 3.11. The van der Waals surface area contributed by atoms with Crippen LogP contribution in [0.5, 0.6) is 0 Å². The molecule has 0 bridgehead atoms. The van der Waals surface area contributed by atoms with Gasteiger partial charge in [0.15, 0.2) is 5.96 Å². The molecule has 1 aromatic carbocycles. The van der Waals surface area contributed by atoms with Gasteiger partial charge >= 0.3 is 0 Å². The molecule has 0 spiro atoms. The molecule has 27 heavy (non-hydrogen) atoms. The van der Waals surface area contributed by atoms with Crippen LogP contribution in [0.3, 0.4) is 0 Å². The van der Waals surface area contributed by atoms with Gasteiger partial charge in [-0.3, -0.25) is 5.41 Å². The van der Waals surface area contributed by atoms with E-state index in [4.69, 9.17) is 22.7 Å². The van der Waals surface area contributed by atoms with E-state index in [1.54, 1.807) is 0 Å². The molecule has 0 radical (unpaired) electrons. The number of halogens is 3. The first-order valence-corrected chi connectivity index (χ1v) is 10.1. The van der Waals surface area contributed by atoms with Crippen LogP contribution in [0, 0.1) is 5.41 Å². The molecule has 1 saturated heterocycles. The third-order valence-corrected chi connectivity index (χ3v) is 5.23. The summed E-state index contributed by atoms with van der Waals surface area (Å²) in [6, 6.07) is 7.77. The normalized spacial score (nSPS) is 13.7. The first-order valence-electron chi connectivity index (χ1n) is 9.71. The van der Waals surface area contributed by atoms with Crippen molar-refractivity contribution in [2.75, 3.05) is 26.2 Å². The van der Waals surface area contributed by atoms with Crippen molar-refractivity contribution in [1.29, 1.82) is 5.41 Å². The molecule has 156 valence electrons. The van der Waals surface area contributed by atoms with Crippen LogP contribution in [0.4, 0.5) is 0 Å². The molecule has 0 aromatic heterocycles. The quantitative estimate of drug-likeness (QED) is 0.280. The first-order chi connectivity index (χ1) is 12.1. The van der Waals surface area contributed by atoms with Gasteiger partial charge in [-0.05, 0) is 63.0 Å². The van der Waals surface area contributed by atoms with Crippen molar-refractivity contribution in [3.05, 3.63) is 34.9 Å². The van der Waals surface area contributed by atoms with Gasteiger partial charge in [-0.25, -0.2) is 0 Å². The Morgan fingerprint density at radius 3 is 2.11 bits per heavy atom. The second-order valence-corrected chi connectivity index (χ2v) is 7.54. The number of nitrogens with one attached hydrogen (secondary N) is 1. The van der Waals surface area contributed by atoms with Crippen LogP contribution in [0.15, 0.2) is 24.3 Å². The summed E-state index contributed by atoms with van der Waals surface area (Å²) < 4.78 is 0. The monoisotopic (exact) mass is 436 g/mol. The second-order valence-electron chi connectivity index (χ2n) is 7.10. The Bertz CT molecular complexity index is 504. The summed E-state index contributed by atoms with van der Waals surface area (Å²) >= 11 is 5.92. The zero-order valence-electron chi connectivity index (χ0n) is 16.2.